The molecule has 12 nitrogen and oxygen atoms in total. The Morgan fingerprint density at radius 3 is 2.43 bits per heavy atom. The molecule has 3 rings (SSSR count). The Bertz CT molecular complexity index is 1340. The molecular weight excluding hydrogens is 570 g/mol. The third kappa shape index (κ3) is 9.61. The zero-order valence-electron chi connectivity index (χ0n) is 25.6. The number of benzene rings is 2. The number of non-ortho nitro benzene ring substituents is 1. The number of nitrogens with zero attached hydrogens (tertiary/aromatic N) is 2. The number of hydrogen-bond acceptors (Lipinski definition) is 11. The molecule has 44 heavy (non-hydrogen) atoms. The highest BCUT2D eigenvalue weighted by atomic mass is 16.6. The quantitative estimate of drug-likeness (QED) is 0.114. The van der Waals surface area contributed by atoms with E-state index in [0.29, 0.717) is 35.7 Å². The van der Waals surface area contributed by atoms with Crippen LogP contribution in [0.25, 0.3) is 0 Å². The summed E-state index contributed by atoms with van der Waals surface area (Å²) >= 11 is 0. The maximum atomic E-state index is 13.3. The van der Waals surface area contributed by atoms with E-state index < -0.39 is 34.8 Å². The molecule has 1 aliphatic rings. The third-order valence-corrected chi connectivity index (χ3v) is 7.31. The van der Waals surface area contributed by atoms with Crippen LogP contribution in [0.2, 0.25) is 0 Å². The number of nitro benzene ring substituents is 1. The summed E-state index contributed by atoms with van der Waals surface area (Å²) in [7, 11) is 2.84. The molecule has 0 spiro atoms. The van der Waals surface area contributed by atoms with E-state index in [4.69, 9.17) is 18.9 Å². The second kappa shape index (κ2) is 17.1. The molecule has 238 valence electrons. The van der Waals surface area contributed by atoms with E-state index in [1.54, 1.807) is 51.3 Å². The maximum absolute atomic E-state index is 13.3. The zero-order chi connectivity index (χ0) is 32.1. The number of unbranched alkanes of at least 4 members (excludes halogenated alkanes) is 3. The van der Waals surface area contributed by atoms with Crippen LogP contribution in [0.4, 0.5) is 5.69 Å². The van der Waals surface area contributed by atoms with Gasteiger partial charge in [-0.15, -0.1) is 0 Å². The van der Waals surface area contributed by atoms with Crippen LogP contribution >= 0.6 is 0 Å². The number of aliphatic imine (C=N–C) groups is 1. The molecular formula is C32H41N3O9. The van der Waals surface area contributed by atoms with Crippen LogP contribution < -0.4 is 14.8 Å². The normalized spacial score (nSPS) is 17.0. The van der Waals surface area contributed by atoms with Crippen molar-refractivity contribution in [1.29, 1.82) is 0 Å². The Balaban J connectivity index is 1.44. The number of esters is 2. The molecule has 0 aromatic heterocycles. The van der Waals surface area contributed by atoms with Gasteiger partial charge in [0.1, 0.15) is 30.1 Å². The van der Waals surface area contributed by atoms with Crippen LogP contribution in [0.15, 0.2) is 64.8 Å². The molecule has 0 radical (unpaired) electrons. The van der Waals surface area contributed by atoms with E-state index in [9.17, 15) is 24.8 Å². The van der Waals surface area contributed by atoms with Gasteiger partial charge in [-0.2, -0.15) is 0 Å². The van der Waals surface area contributed by atoms with E-state index in [-0.39, 0.29) is 24.5 Å². The van der Waals surface area contributed by atoms with Crippen molar-refractivity contribution >= 4 is 23.3 Å². The maximum Gasteiger partial charge on any atom is 0.336 e. The number of methoxy groups -OCH3 is 2. The van der Waals surface area contributed by atoms with Gasteiger partial charge in [-0.1, -0.05) is 25.0 Å². The predicted molar refractivity (Wildman–Crippen MR) is 164 cm³/mol. The van der Waals surface area contributed by atoms with E-state index in [1.807, 2.05) is 0 Å². The van der Waals surface area contributed by atoms with Crippen LogP contribution in [0, 0.1) is 16.0 Å². The van der Waals surface area contributed by atoms with Crippen molar-refractivity contribution in [2.45, 2.75) is 51.6 Å². The number of allylic oxidation sites excluding steroid dienone is 1. The Kier molecular flexibility index (Phi) is 13.3. The Morgan fingerprint density at radius 1 is 1.05 bits per heavy atom. The highest BCUT2D eigenvalue weighted by molar-refractivity contribution is 6.07. The number of aliphatic hydroxyl groups excluding tert-OH is 1. The molecule has 2 aromatic rings. The fourth-order valence-electron chi connectivity index (χ4n) is 5.07. The molecule has 1 aliphatic heterocycles. The molecule has 1 heterocycles. The number of carbonyl (C=O) groups excluding carboxylic acids is 2. The summed E-state index contributed by atoms with van der Waals surface area (Å²) in [6.07, 6.45) is 2.60. The van der Waals surface area contributed by atoms with Crippen LogP contribution in [0.3, 0.4) is 0 Å². The van der Waals surface area contributed by atoms with Crippen molar-refractivity contribution in [3.05, 3.63) is 75.5 Å². The van der Waals surface area contributed by atoms with Gasteiger partial charge in [0.25, 0.3) is 5.69 Å². The summed E-state index contributed by atoms with van der Waals surface area (Å²) in [6, 6.07) is 13.0. The number of nitro groups is 1. The summed E-state index contributed by atoms with van der Waals surface area (Å²) in [6.45, 7) is 4.81. The molecule has 12 heteroatoms. The van der Waals surface area contributed by atoms with Crippen molar-refractivity contribution < 1.29 is 38.6 Å². The van der Waals surface area contributed by atoms with E-state index in [1.165, 1.54) is 25.3 Å². The first-order valence-corrected chi connectivity index (χ1v) is 14.6. The smallest absolute Gasteiger partial charge is 0.336 e. The van der Waals surface area contributed by atoms with Gasteiger partial charge in [-0.25, -0.2) is 4.79 Å². The van der Waals surface area contributed by atoms with Gasteiger partial charge in [-0.3, -0.25) is 19.9 Å². The summed E-state index contributed by atoms with van der Waals surface area (Å²) in [5.41, 5.74) is 1.31. The van der Waals surface area contributed by atoms with Crippen LogP contribution in [-0.2, 0) is 19.1 Å². The lowest BCUT2D eigenvalue weighted by molar-refractivity contribution is -0.384. The van der Waals surface area contributed by atoms with Gasteiger partial charge in [0.2, 0.25) is 0 Å². The minimum Gasteiger partial charge on any atom is -0.497 e. The Labute approximate surface area is 257 Å². The molecule has 0 saturated carbocycles. The van der Waals surface area contributed by atoms with Gasteiger partial charge in [0.15, 0.2) is 0 Å². The van der Waals surface area contributed by atoms with Crippen LogP contribution in [-0.4, -0.2) is 74.3 Å². The largest absolute Gasteiger partial charge is 0.497 e. The molecule has 0 fully saturated rings. The fourth-order valence-corrected chi connectivity index (χ4v) is 5.07. The Hall–Kier alpha value is -4.29. The predicted octanol–water partition coefficient (Wildman–Crippen LogP) is 4.36. The minimum absolute atomic E-state index is 0.150. The summed E-state index contributed by atoms with van der Waals surface area (Å²) in [5, 5.41) is 24.8. The summed E-state index contributed by atoms with van der Waals surface area (Å²) in [4.78, 5) is 41.4. The third-order valence-electron chi connectivity index (χ3n) is 7.31. The SMILES string of the molecule is COC(=O)C1C(C)=NC(C)=C(C(=O)OCCCCCCNCC(O)COc2ccc(OC)cc2)C1c1cccc([N+](=O)[O-])c1. The summed E-state index contributed by atoms with van der Waals surface area (Å²) in [5.74, 6) is -1.57. The number of rotatable bonds is 17. The molecule has 0 bridgehead atoms. The van der Waals surface area contributed by atoms with Gasteiger partial charge < -0.3 is 29.4 Å². The van der Waals surface area contributed by atoms with Gasteiger partial charge in [0.05, 0.1) is 31.3 Å². The van der Waals surface area contributed by atoms with Crippen molar-refractivity contribution in [3.63, 3.8) is 0 Å². The first-order chi connectivity index (χ1) is 21.2. The lowest BCUT2D eigenvalue weighted by Crippen LogP contribution is -2.36. The second-order valence-electron chi connectivity index (χ2n) is 10.5. The van der Waals surface area contributed by atoms with Crippen molar-refractivity contribution in [2.75, 3.05) is 40.5 Å². The molecule has 3 unspecified atom stereocenters. The van der Waals surface area contributed by atoms with E-state index in [0.717, 1.165) is 31.6 Å². The lowest BCUT2D eigenvalue weighted by Gasteiger charge is -2.31. The highest BCUT2D eigenvalue weighted by Gasteiger charge is 2.42. The highest BCUT2D eigenvalue weighted by Crippen LogP contribution is 2.41. The van der Waals surface area contributed by atoms with Gasteiger partial charge >= 0.3 is 11.9 Å². The monoisotopic (exact) mass is 611 g/mol. The molecule has 3 atom stereocenters. The average Bonchev–Trinajstić information content (AvgIpc) is 3.02. The van der Waals surface area contributed by atoms with E-state index >= 15 is 0 Å². The molecule has 2 aromatic carbocycles. The average molecular weight is 612 g/mol. The molecule has 0 amide bonds. The zero-order valence-corrected chi connectivity index (χ0v) is 25.6. The van der Waals surface area contributed by atoms with Crippen LogP contribution in [0.1, 0.15) is 51.0 Å². The fraction of sp³-hybridized carbons (Fsp3) is 0.469. The molecule has 2 N–H and O–H groups in total. The Morgan fingerprint density at radius 2 is 1.75 bits per heavy atom. The molecule has 0 aliphatic carbocycles. The molecule has 0 saturated heterocycles. The number of aliphatic hydroxyl groups is 1. The first kappa shape index (κ1) is 34.2. The number of hydrogen-bond donors (Lipinski definition) is 2. The topological polar surface area (TPSA) is 159 Å². The summed E-state index contributed by atoms with van der Waals surface area (Å²) < 4.78 is 21.3. The first-order valence-electron chi connectivity index (χ1n) is 14.6. The minimum atomic E-state index is -0.923. The van der Waals surface area contributed by atoms with Gasteiger partial charge in [0, 0.05) is 36.0 Å². The standard InChI is InChI=1S/C32H41N3O9/c1-21-28(31(37)42-4)30(23-10-9-11-24(18-23)35(39)40)29(22(2)34-21)32(38)43-17-8-6-5-7-16-33-19-25(36)20-44-27-14-12-26(41-3)13-15-27/h9-15,18,25,28,30,33,36H,5-8,16-17,19-20H2,1-4H3. The van der Waals surface area contributed by atoms with Gasteiger partial charge in [-0.05, 0) is 63.1 Å². The van der Waals surface area contributed by atoms with Crippen molar-refractivity contribution in [2.24, 2.45) is 10.9 Å². The number of carbonyl (C=O) groups is 2. The van der Waals surface area contributed by atoms with E-state index in [2.05, 4.69) is 10.3 Å². The van der Waals surface area contributed by atoms with Crippen molar-refractivity contribution in [1.82, 2.24) is 5.32 Å². The van der Waals surface area contributed by atoms with Crippen molar-refractivity contribution in [3.8, 4) is 11.5 Å². The second-order valence-corrected chi connectivity index (χ2v) is 10.5. The lowest BCUT2D eigenvalue weighted by atomic mass is 9.75. The van der Waals surface area contributed by atoms with Crippen LogP contribution in [0.5, 0.6) is 11.5 Å². The number of ether oxygens (including phenoxy) is 4. The number of nitrogens with one attached hydrogen (secondary N) is 1.